The molecule has 0 radical (unpaired) electrons. The Morgan fingerprint density at radius 2 is 1.89 bits per heavy atom. The lowest BCUT2D eigenvalue weighted by Crippen LogP contribution is -2.11. The van der Waals surface area contributed by atoms with Crippen molar-refractivity contribution in [3.05, 3.63) is 71.9 Å². The lowest BCUT2D eigenvalue weighted by Gasteiger charge is -2.08. The number of carbonyl (C=O) groups is 1. The van der Waals surface area contributed by atoms with E-state index in [1.807, 2.05) is 24.3 Å². The number of nitrogens with zero attached hydrogens (tertiary/aromatic N) is 3. The van der Waals surface area contributed by atoms with E-state index >= 15 is 0 Å². The highest BCUT2D eigenvalue weighted by molar-refractivity contribution is 6.03. The molecule has 4 aromatic rings. The first-order chi connectivity index (χ1) is 13.6. The number of nitrogens with one attached hydrogen (secondary N) is 2. The molecule has 0 spiro atoms. The number of esters is 1. The van der Waals surface area contributed by atoms with E-state index < -0.39 is 5.97 Å². The van der Waals surface area contributed by atoms with Gasteiger partial charge in [0.05, 0.1) is 5.56 Å². The van der Waals surface area contributed by atoms with E-state index in [9.17, 15) is 9.18 Å². The second-order valence-corrected chi connectivity index (χ2v) is 5.89. The van der Waals surface area contributed by atoms with Crippen LogP contribution >= 0.6 is 0 Å². The average Bonchev–Trinajstić information content (AvgIpc) is 3.12. The molecule has 0 saturated heterocycles. The summed E-state index contributed by atoms with van der Waals surface area (Å²) in [4.78, 5) is 27.5. The number of H-pyrrole nitrogens is 1. The number of hydrogen-bond acceptors (Lipinski definition) is 7. The van der Waals surface area contributed by atoms with Crippen molar-refractivity contribution in [2.75, 3.05) is 11.1 Å². The van der Waals surface area contributed by atoms with E-state index in [4.69, 9.17) is 10.5 Å². The molecule has 140 valence electrons. The van der Waals surface area contributed by atoms with Crippen molar-refractivity contribution in [1.82, 2.24) is 19.9 Å². The molecule has 8 nitrogen and oxygen atoms in total. The summed E-state index contributed by atoms with van der Waals surface area (Å²) in [5.41, 5.74) is 7.54. The molecule has 0 unspecified atom stereocenters. The summed E-state index contributed by atoms with van der Waals surface area (Å²) in [5.74, 6) is -0.546. The van der Waals surface area contributed by atoms with Crippen LogP contribution < -0.4 is 11.1 Å². The number of aromatic nitrogens is 4. The van der Waals surface area contributed by atoms with Gasteiger partial charge in [0.15, 0.2) is 12.4 Å². The van der Waals surface area contributed by atoms with E-state index in [1.54, 1.807) is 6.20 Å². The molecule has 0 atom stereocenters. The maximum atomic E-state index is 13.0. The third kappa shape index (κ3) is 3.73. The zero-order valence-corrected chi connectivity index (χ0v) is 14.5. The number of anilines is 3. The SMILES string of the molecule is Nc1nc(COC(=O)c2c[nH]c3ccccc23)nc(Nc2ccc(F)cc2)n1. The summed E-state index contributed by atoms with van der Waals surface area (Å²) >= 11 is 0. The van der Waals surface area contributed by atoms with Gasteiger partial charge in [0.2, 0.25) is 11.9 Å². The number of benzene rings is 2. The van der Waals surface area contributed by atoms with Crippen molar-refractivity contribution in [2.24, 2.45) is 0 Å². The second-order valence-electron chi connectivity index (χ2n) is 5.89. The molecule has 2 aromatic heterocycles. The molecular weight excluding hydrogens is 363 g/mol. The van der Waals surface area contributed by atoms with Crippen LogP contribution in [0.25, 0.3) is 10.9 Å². The molecule has 0 amide bonds. The van der Waals surface area contributed by atoms with Crippen LogP contribution in [0.5, 0.6) is 0 Å². The zero-order valence-electron chi connectivity index (χ0n) is 14.5. The van der Waals surface area contributed by atoms with Gasteiger partial charge in [-0.25, -0.2) is 9.18 Å². The number of nitrogens with two attached hydrogens (primary N) is 1. The second kappa shape index (κ2) is 7.31. The summed E-state index contributed by atoms with van der Waals surface area (Å²) < 4.78 is 18.3. The molecule has 0 fully saturated rings. The van der Waals surface area contributed by atoms with Crippen LogP contribution in [0.2, 0.25) is 0 Å². The number of rotatable bonds is 5. The van der Waals surface area contributed by atoms with Crippen LogP contribution in [-0.2, 0) is 11.3 Å². The van der Waals surface area contributed by atoms with Crippen LogP contribution in [0, 0.1) is 5.82 Å². The molecule has 28 heavy (non-hydrogen) atoms. The lowest BCUT2D eigenvalue weighted by molar-refractivity contribution is 0.0464. The van der Waals surface area contributed by atoms with E-state index in [2.05, 4.69) is 25.3 Å². The molecular formula is C19H15FN6O2. The lowest BCUT2D eigenvalue weighted by atomic mass is 10.2. The summed E-state index contributed by atoms with van der Waals surface area (Å²) in [7, 11) is 0. The highest BCUT2D eigenvalue weighted by atomic mass is 19.1. The van der Waals surface area contributed by atoms with Crippen LogP contribution in [0.4, 0.5) is 22.0 Å². The Bertz CT molecular complexity index is 1140. The first-order valence-corrected chi connectivity index (χ1v) is 8.35. The molecule has 9 heteroatoms. The van der Waals surface area contributed by atoms with Crippen LogP contribution in [0.15, 0.2) is 54.7 Å². The predicted molar refractivity (Wildman–Crippen MR) is 101 cm³/mol. The van der Waals surface area contributed by atoms with Gasteiger partial charge >= 0.3 is 5.97 Å². The number of carbonyl (C=O) groups excluding carboxylic acids is 1. The quantitative estimate of drug-likeness (QED) is 0.456. The Balaban J connectivity index is 1.48. The van der Waals surface area contributed by atoms with Gasteiger partial charge in [-0.05, 0) is 30.3 Å². The molecule has 0 saturated carbocycles. The standard InChI is InChI=1S/C19H15FN6O2/c20-11-5-7-12(8-6-11)23-19-25-16(24-18(21)26-19)10-28-17(27)14-9-22-15-4-2-1-3-13(14)15/h1-9,22H,10H2,(H3,21,23,24,25,26). The fourth-order valence-electron chi connectivity index (χ4n) is 2.67. The number of hydrogen-bond donors (Lipinski definition) is 3. The van der Waals surface area contributed by atoms with Gasteiger partial charge in [0.1, 0.15) is 5.82 Å². The number of ether oxygens (including phenoxy) is 1. The third-order valence-corrected chi connectivity index (χ3v) is 3.94. The Hall–Kier alpha value is -4.01. The maximum Gasteiger partial charge on any atom is 0.340 e. The van der Waals surface area contributed by atoms with Gasteiger partial charge < -0.3 is 20.8 Å². The average molecular weight is 378 g/mol. The van der Waals surface area contributed by atoms with Crippen LogP contribution in [-0.4, -0.2) is 25.9 Å². The van der Waals surface area contributed by atoms with E-state index in [0.717, 1.165) is 10.9 Å². The molecule has 2 heterocycles. The maximum absolute atomic E-state index is 13.0. The molecule has 4 N–H and O–H groups in total. The molecule has 0 bridgehead atoms. The van der Waals surface area contributed by atoms with E-state index in [0.29, 0.717) is 11.3 Å². The number of nitrogen functional groups attached to an aromatic ring is 1. The number of aromatic amines is 1. The smallest absolute Gasteiger partial charge is 0.340 e. The Kier molecular flexibility index (Phi) is 4.55. The molecule has 2 aromatic carbocycles. The first kappa shape index (κ1) is 17.4. The number of halogens is 1. The molecule has 4 rings (SSSR count). The van der Waals surface area contributed by atoms with E-state index in [1.165, 1.54) is 24.3 Å². The Morgan fingerprint density at radius 1 is 1.11 bits per heavy atom. The minimum absolute atomic E-state index is 0.0299. The molecule has 0 aliphatic rings. The monoisotopic (exact) mass is 378 g/mol. The summed E-state index contributed by atoms with van der Waals surface area (Å²) in [6.45, 7) is -0.177. The Morgan fingerprint density at radius 3 is 2.71 bits per heavy atom. The van der Waals surface area contributed by atoms with Gasteiger partial charge in [0, 0.05) is 22.8 Å². The van der Waals surface area contributed by atoms with E-state index in [-0.39, 0.29) is 30.1 Å². The van der Waals surface area contributed by atoms with Crippen molar-refractivity contribution in [2.45, 2.75) is 6.61 Å². The van der Waals surface area contributed by atoms with Crippen molar-refractivity contribution in [3.8, 4) is 0 Å². The van der Waals surface area contributed by atoms with Gasteiger partial charge in [-0.1, -0.05) is 18.2 Å². The highest BCUT2D eigenvalue weighted by Crippen LogP contribution is 2.19. The largest absolute Gasteiger partial charge is 0.454 e. The normalized spacial score (nSPS) is 10.8. The van der Waals surface area contributed by atoms with Crippen molar-refractivity contribution in [3.63, 3.8) is 0 Å². The van der Waals surface area contributed by atoms with Gasteiger partial charge in [0.25, 0.3) is 0 Å². The molecule has 0 aliphatic heterocycles. The van der Waals surface area contributed by atoms with Crippen LogP contribution in [0.1, 0.15) is 16.2 Å². The third-order valence-electron chi connectivity index (χ3n) is 3.94. The summed E-state index contributed by atoms with van der Waals surface area (Å²) in [6.07, 6.45) is 1.59. The predicted octanol–water partition coefficient (Wildman–Crippen LogP) is 3.17. The Labute approximate surface area is 158 Å². The molecule has 0 aliphatic carbocycles. The summed E-state index contributed by atoms with van der Waals surface area (Å²) in [5, 5.41) is 3.66. The minimum atomic E-state index is -0.510. The van der Waals surface area contributed by atoms with Crippen LogP contribution in [0.3, 0.4) is 0 Å². The minimum Gasteiger partial charge on any atom is -0.454 e. The van der Waals surface area contributed by atoms with Crippen molar-refractivity contribution >= 4 is 34.5 Å². The number of fused-ring (bicyclic) bond motifs is 1. The topological polar surface area (TPSA) is 119 Å². The fourth-order valence-corrected chi connectivity index (χ4v) is 2.67. The van der Waals surface area contributed by atoms with Gasteiger partial charge in [-0.3, -0.25) is 0 Å². The number of para-hydroxylation sites is 1. The van der Waals surface area contributed by atoms with Crippen molar-refractivity contribution < 1.29 is 13.9 Å². The highest BCUT2D eigenvalue weighted by Gasteiger charge is 2.14. The first-order valence-electron chi connectivity index (χ1n) is 8.35. The van der Waals surface area contributed by atoms with Gasteiger partial charge in [-0.2, -0.15) is 15.0 Å². The zero-order chi connectivity index (χ0) is 19.5. The summed E-state index contributed by atoms with van der Waals surface area (Å²) in [6, 6.07) is 13.1. The van der Waals surface area contributed by atoms with Gasteiger partial charge in [-0.15, -0.1) is 0 Å². The van der Waals surface area contributed by atoms with Crippen molar-refractivity contribution in [1.29, 1.82) is 0 Å². The fraction of sp³-hybridized carbons (Fsp3) is 0.0526.